The molecule has 1 N–H and O–H groups in total. The third kappa shape index (κ3) is 5.40. The lowest BCUT2D eigenvalue weighted by atomic mass is 10.1. The number of nitrogens with one attached hydrogen (secondary N) is 1. The van der Waals surface area contributed by atoms with Gasteiger partial charge in [-0.25, -0.2) is 8.42 Å². The summed E-state index contributed by atoms with van der Waals surface area (Å²) in [5.41, 5.74) is 4.41. The maximum atomic E-state index is 12.5. The number of sulfonamides is 1. The average molecular weight is 443 g/mol. The minimum absolute atomic E-state index is 0.215. The number of amides is 1. The van der Waals surface area contributed by atoms with Crippen LogP contribution in [0.4, 0.5) is 11.4 Å². The minimum Gasteiger partial charge on any atom is -0.322 e. The number of anilines is 2. The van der Waals surface area contributed by atoms with E-state index in [2.05, 4.69) is 5.32 Å². The lowest BCUT2D eigenvalue weighted by molar-refractivity contribution is 0.102. The Morgan fingerprint density at radius 2 is 1.60 bits per heavy atom. The highest BCUT2D eigenvalue weighted by molar-refractivity contribution is 7.92. The van der Waals surface area contributed by atoms with E-state index < -0.39 is 10.0 Å². The molecule has 5 nitrogen and oxygen atoms in total. The molecule has 30 heavy (non-hydrogen) atoms. The number of benzene rings is 3. The Hall–Kier alpha value is -2.83. The number of carbonyl (C=O) groups is 1. The van der Waals surface area contributed by atoms with Gasteiger partial charge in [0.15, 0.2) is 0 Å². The van der Waals surface area contributed by atoms with E-state index in [0.29, 0.717) is 22.0 Å². The number of aryl methyl sites for hydroxylation is 2. The molecule has 0 saturated heterocycles. The summed E-state index contributed by atoms with van der Waals surface area (Å²) in [7, 11) is -3.50. The molecule has 156 valence electrons. The first-order valence-electron chi connectivity index (χ1n) is 9.34. The van der Waals surface area contributed by atoms with Crippen molar-refractivity contribution in [1.29, 1.82) is 0 Å². The molecule has 0 aliphatic heterocycles. The lowest BCUT2D eigenvalue weighted by Gasteiger charge is -2.23. The quantitative estimate of drug-likeness (QED) is 0.572. The summed E-state index contributed by atoms with van der Waals surface area (Å²) >= 11 is 6.10. The van der Waals surface area contributed by atoms with Crippen LogP contribution in [0, 0.1) is 13.8 Å². The summed E-state index contributed by atoms with van der Waals surface area (Å²) < 4.78 is 26.0. The standard InChI is InChI=1S/C23H23ClN2O3S/c1-16-4-7-18(8-5-16)15-26(30(3,28)29)21-12-9-19(10-13-21)23(27)25-20-11-6-17(2)22(24)14-20/h4-14H,15H2,1-3H3,(H,25,27). The zero-order valence-electron chi connectivity index (χ0n) is 17.0. The summed E-state index contributed by atoms with van der Waals surface area (Å²) in [6.45, 7) is 4.08. The zero-order valence-corrected chi connectivity index (χ0v) is 18.6. The van der Waals surface area contributed by atoms with Crippen molar-refractivity contribution in [3.8, 4) is 0 Å². The van der Waals surface area contributed by atoms with Gasteiger partial charge < -0.3 is 5.32 Å². The summed E-state index contributed by atoms with van der Waals surface area (Å²) in [4.78, 5) is 12.5. The second-order valence-electron chi connectivity index (χ2n) is 7.22. The van der Waals surface area contributed by atoms with Crippen molar-refractivity contribution in [3.05, 3.63) is 94.0 Å². The van der Waals surface area contributed by atoms with Crippen LogP contribution in [-0.2, 0) is 16.6 Å². The van der Waals surface area contributed by atoms with Crippen LogP contribution in [0.25, 0.3) is 0 Å². The van der Waals surface area contributed by atoms with E-state index in [1.165, 1.54) is 10.6 Å². The van der Waals surface area contributed by atoms with Crippen LogP contribution in [0.2, 0.25) is 5.02 Å². The summed E-state index contributed by atoms with van der Waals surface area (Å²) in [6.07, 6.45) is 1.17. The first-order chi connectivity index (χ1) is 14.1. The molecule has 0 heterocycles. The van der Waals surface area contributed by atoms with Crippen LogP contribution in [0.5, 0.6) is 0 Å². The van der Waals surface area contributed by atoms with Crippen LogP contribution in [0.15, 0.2) is 66.7 Å². The molecule has 3 rings (SSSR count). The molecule has 0 unspecified atom stereocenters. The Labute approximate surface area is 182 Å². The number of hydrogen-bond donors (Lipinski definition) is 1. The fraction of sp³-hybridized carbons (Fsp3) is 0.174. The number of carbonyl (C=O) groups excluding carboxylic acids is 1. The predicted molar refractivity (Wildman–Crippen MR) is 123 cm³/mol. The molecule has 7 heteroatoms. The van der Waals surface area contributed by atoms with Crippen molar-refractivity contribution >= 4 is 38.9 Å². The third-order valence-electron chi connectivity index (χ3n) is 4.69. The Morgan fingerprint density at radius 1 is 0.967 bits per heavy atom. The Kier molecular flexibility index (Phi) is 6.48. The highest BCUT2D eigenvalue weighted by atomic mass is 35.5. The maximum Gasteiger partial charge on any atom is 0.255 e. The van der Waals surface area contributed by atoms with Crippen LogP contribution in [0.3, 0.4) is 0 Å². The minimum atomic E-state index is -3.50. The molecule has 0 spiro atoms. The third-order valence-corrected chi connectivity index (χ3v) is 6.24. The van der Waals surface area contributed by atoms with Gasteiger partial charge in [0.1, 0.15) is 0 Å². The van der Waals surface area contributed by atoms with E-state index in [0.717, 1.165) is 16.7 Å². The molecule has 0 bridgehead atoms. The van der Waals surface area contributed by atoms with Crippen molar-refractivity contribution in [2.75, 3.05) is 15.9 Å². The van der Waals surface area contributed by atoms with Gasteiger partial charge in [-0.15, -0.1) is 0 Å². The first kappa shape index (κ1) is 21.9. The number of halogens is 1. The van der Waals surface area contributed by atoms with Crippen molar-refractivity contribution in [1.82, 2.24) is 0 Å². The first-order valence-corrected chi connectivity index (χ1v) is 11.6. The Bertz CT molecular complexity index is 1160. The predicted octanol–water partition coefficient (Wildman–Crippen LogP) is 5.18. The molecule has 1 amide bonds. The summed E-state index contributed by atoms with van der Waals surface area (Å²) in [5, 5.41) is 3.37. The van der Waals surface area contributed by atoms with E-state index in [-0.39, 0.29) is 12.5 Å². The molecule has 0 saturated carbocycles. The lowest BCUT2D eigenvalue weighted by Crippen LogP contribution is -2.29. The smallest absolute Gasteiger partial charge is 0.255 e. The van der Waals surface area contributed by atoms with Crippen molar-refractivity contribution in [2.45, 2.75) is 20.4 Å². The van der Waals surface area contributed by atoms with Crippen LogP contribution < -0.4 is 9.62 Å². The van der Waals surface area contributed by atoms with Gasteiger partial charge in [-0.05, 0) is 61.4 Å². The zero-order chi connectivity index (χ0) is 21.9. The molecule has 0 radical (unpaired) electrons. The normalized spacial score (nSPS) is 11.2. The van der Waals surface area contributed by atoms with Crippen LogP contribution >= 0.6 is 11.6 Å². The molecule has 0 aromatic heterocycles. The van der Waals surface area contributed by atoms with Gasteiger partial charge in [-0.3, -0.25) is 9.10 Å². The monoisotopic (exact) mass is 442 g/mol. The van der Waals surface area contributed by atoms with Crippen LogP contribution in [-0.4, -0.2) is 20.6 Å². The van der Waals surface area contributed by atoms with Gasteiger partial charge in [0.25, 0.3) is 5.91 Å². The second-order valence-corrected chi connectivity index (χ2v) is 9.53. The van der Waals surface area contributed by atoms with Gasteiger partial charge >= 0.3 is 0 Å². The van der Waals surface area contributed by atoms with E-state index in [4.69, 9.17) is 11.6 Å². The summed E-state index contributed by atoms with van der Waals surface area (Å²) in [5.74, 6) is -0.300. The SMILES string of the molecule is Cc1ccc(CN(c2ccc(C(=O)Nc3ccc(C)c(Cl)c3)cc2)S(C)(=O)=O)cc1. The molecular formula is C23H23ClN2O3S. The van der Waals surface area contributed by atoms with Crippen molar-refractivity contribution in [3.63, 3.8) is 0 Å². The van der Waals surface area contributed by atoms with Gasteiger partial charge in [-0.1, -0.05) is 47.5 Å². The van der Waals surface area contributed by atoms with Gasteiger partial charge in [0.2, 0.25) is 10.0 Å². The number of rotatable bonds is 6. The molecule has 0 fully saturated rings. The van der Waals surface area contributed by atoms with Gasteiger partial charge in [0, 0.05) is 16.3 Å². The van der Waals surface area contributed by atoms with E-state index in [9.17, 15) is 13.2 Å². The Balaban J connectivity index is 1.79. The summed E-state index contributed by atoms with van der Waals surface area (Å²) in [6, 6.07) is 19.5. The van der Waals surface area contributed by atoms with Gasteiger partial charge in [-0.2, -0.15) is 0 Å². The van der Waals surface area contributed by atoms with E-state index in [1.807, 2.05) is 44.2 Å². The van der Waals surface area contributed by atoms with Crippen molar-refractivity contribution < 1.29 is 13.2 Å². The molecular weight excluding hydrogens is 420 g/mol. The highest BCUT2D eigenvalue weighted by Gasteiger charge is 2.18. The molecule has 0 atom stereocenters. The van der Waals surface area contributed by atoms with E-state index >= 15 is 0 Å². The fourth-order valence-electron chi connectivity index (χ4n) is 2.91. The fourth-order valence-corrected chi connectivity index (χ4v) is 3.98. The van der Waals surface area contributed by atoms with E-state index in [1.54, 1.807) is 36.4 Å². The number of hydrogen-bond acceptors (Lipinski definition) is 3. The maximum absolute atomic E-state index is 12.5. The average Bonchev–Trinajstić information content (AvgIpc) is 2.69. The molecule has 3 aromatic carbocycles. The largest absolute Gasteiger partial charge is 0.322 e. The highest BCUT2D eigenvalue weighted by Crippen LogP contribution is 2.23. The second kappa shape index (κ2) is 8.90. The molecule has 3 aromatic rings. The van der Waals surface area contributed by atoms with Gasteiger partial charge in [0.05, 0.1) is 18.5 Å². The van der Waals surface area contributed by atoms with Crippen LogP contribution in [0.1, 0.15) is 27.0 Å². The topological polar surface area (TPSA) is 66.5 Å². The molecule has 0 aliphatic rings. The Morgan fingerprint density at radius 3 is 2.17 bits per heavy atom. The molecule has 0 aliphatic carbocycles. The number of nitrogens with zero attached hydrogens (tertiary/aromatic N) is 1. The van der Waals surface area contributed by atoms with Crippen molar-refractivity contribution in [2.24, 2.45) is 0 Å².